The van der Waals surface area contributed by atoms with E-state index in [1.165, 1.54) is 0 Å². The molecule has 1 rings (SSSR count). The van der Waals surface area contributed by atoms with Crippen LogP contribution in [0.4, 0.5) is 0 Å². The summed E-state index contributed by atoms with van der Waals surface area (Å²) in [5, 5.41) is 14.8. The number of hydrogen-bond acceptors (Lipinski definition) is 4. The van der Waals surface area contributed by atoms with Gasteiger partial charge in [0.15, 0.2) is 0 Å². The summed E-state index contributed by atoms with van der Waals surface area (Å²) < 4.78 is 5.53. The van der Waals surface area contributed by atoms with Gasteiger partial charge in [0.1, 0.15) is 6.61 Å². The average Bonchev–Trinajstić information content (AvgIpc) is 2.29. The molecule has 1 saturated heterocycles. The highest BCUT2D eigenvalue weighted by Gasteiger charge is 2.32. The monoisotopic (exact) mass is 244 g/mol. The van der Waals surface area contributed by atoms with E-state index in [2.05, 4.69) is 17.6 Å². The Balaban J connectivity index is 2.11. The highest BCUT2D eigenvalue weighted by Crippen LogP contribution is 2.14. The molecule has 0 saturated carbocycles. The van der Waals surface area contributed by atoms with Crippen molar-refractivity contribution in [2.45, 2.75) is 32.3 Å². The molecule has 1 heterocycles. The fourth-order valence-electron chi connectivity index (χ4n) is 1.76. The third kappa shape index (κ3) is 5.02. The molecule has 0 spiro atoms. The number of amides is 1. The molecule has 1 unspecified atom stereocenters. The van der Waals surface area contributed by atoms with E-state index in [9.17, 15) is 4.79 Å². The lowest BCUT2D eigenvalue weighted by atomic mass is 10.0. The highest BCUT2D eigenvalue weighted by atomic mass is 16.5. The van der Waals surface area contributed by atoms with Gasteiger partial charge in [-0.25, -0.2) is 0 Å². The van der Waals surface area contributed by atoms with Crippen LogP contribution in [0.3, 0.4) is 0 Å². The molecular formula is C12H24N2O3. The van der Waals surface area contributed by atoms with Gasteiger partial charge in [0, 0.05) is 26.2 Å². The minimum atomic E-state index is -0.174. The predicted molar refractivity (Wildman–Crippen MR) is 65.7 cm³/mol. The van der Waals surface area contributed by atoms with Gasteiger partial charge in [-0.1, -0.05) is 13.3 Å². The molecule has 5 nitrogen and oxygen atoms in total. The molecule has 1 aliphatic heterocycles. The quantitative estimate of drug-likeness (QED) is 0.557. The Bertz CT molecular complexity index is 242. The summed E-state index contributed by atoms with van der Waals surface area (Å²) in [5.74, 6) is 0.277. The Morgan fingerprint density at radius 3 is 2.76 bits per heavy atom. The number of rotatable bonds is 8. The van der Waals surface area contributed by atoms with Gasteiger partial charge in [-0.15, -0.1) is 0 Å². The second-order valence-electron chi connectivity index (χ2n) is 4.93. The summed E-state index contributed by atoms with van der Waals surface area (Å²) in [5.41, 5.74) is -0.174. The Kier molecular flexibility index (Phi) is 5.88. The topological polar surface area (TPSA) is 70.6 Å². The van der Waals surface area contributed by atoms with Crippen molar-refractivity contribution < 1.29 is 14.6 Å². The SMILES string of the molecule is CCC(CCO)CNC(=O)COC1(C)CNC1. The van der Waals surface area contributed by atoms with E-state index in [1.54, 1.807) is 0 Å². The van der Waals surface area contributed by atoms with Crippen LogP contribution in [-0.2, 0) is 9.53 Å². The minimum absolute atomic E-state index is 0.0745. The van der Waals surface area contributed by atoms with Crippen molar-refractivity contribution in [3.05, 3.63) is 0 Å². The van der Waals surface area contributed by atoms with Crippen molar-refractivity contribution in [3.8, 4) is 0 Å². The molecule has 0 aromatic heterocycles. The third-order valence-corrected chi connectivity index (χ3v) is 3.25. The molecule has 1 fully saturated rings. The van der Waals surface area contributed by atoms with E-state index >= 15 is 0 Å². The zero-order valence-electron chi connectivity index (χ0n) is 10.8. The first kappa shape index (κ1) is 14.4. The van der Waals surface area contributed by atoms with Crippen LogP contribution >= 0.6 is 0 Å². The van der Waals surface area contributed by atoms with Crippen LogP contribution in [0.25, 0.3) is 0 Å². The van der Waals surface area contributed by atoms with Gasteiger partial charge >= 0.3 is 0 Å². The van der Waals surface area contributed by atoms with Crippen molar-refractivity contribution >= 4 is 5.91 Å². The second kappa shape index (κ2) is 6.93. The summed E-state index contributed by atoms with van der Waals surface area (Å²) in [6.07, 6.45) is 1.70. The molecule has 0 aromatic rings. The zero-order valence-corrected chi connectivity index (χ0v) is 10.8. The predicted octanol–water partition coefficient (Wildman–Crippen LogP) is -0.110. The Morgan fingerprint density at radius 1 is 1.59 bits per heavy atom. The first-order valence-corrected chi connectivity index (χ1v) is 6.32. The van der Waals surface area contributed by atoms with Crippen LogP contribution in [0.1, 0.15) is 26.7 Å². The standard InChI is InChI=1S/C12H24N2O3/c1-3-10(4-5-15)6-14-11(16)7-17-12(2)8-13-9-12/h10,13,15H,3-9H2,1-2H3,(H,14,16). The maximum atomic E-state index is 11.5. The third-order valence-electron chi connectivity index (χ3n) is 3.25. The number of carbonyl (C=O) groups excluding carboxylic acids is 1. The summed E-state index contributed by atoms with van der Waals surface area (Å²) in [4.78, 5) is 11.5. The van der Waals surface area contributed by atoms with Crippen LogP contribution < -0.4 is 10.6 Å². The molecular weight excluding hydrogens is 220 g/mol. The molecule has 0 radical (unpaired) electrons. The van der Waals surface area contributed by atoms with Gasteiger partial charge in [-0.3, -0.25) is 4.79 Å². The van der Waals surface area contributed by atoms with Crippen molar-refractivity contribution in [1.82, 2.24) is 10.6 Å². The van der Waals surface area contributed by atoms with Crippen molar-refractivity contribution in [1.29, 1.82) is 0 Å². The summed E-state index contributed by atoms with van der Waals surface area (Å²) in [7, 11) is 0. The molecule has 3 N–H and O–H groups in total. The lowest BCUT2D eigenvalue weighted by Crippen LogP contribution is -2.59. The molecule has 1 atom stereocenters. The first-order valence-electron chi connectivity index (χ1n) is 6.32. The lowest BCUT2D eigenvalue weighted by molar-refractivity contribution is -0.136. The van der Waals surface area contributed by atoms with Gasteiger partial charge in [0.05, 0.1) is 5.60 Å². The summed E-state index contributed by atoms with van der Waals surface area (Å²) >= 11 is 0. The minimum Gasteiger partial charge on any atom is -0.396 e. The van der Waals surface area contributed by atoms with E-state index < -0.39 is 0 Å². The van der Waals surface area contributed by atoms with Gasteiger partial charge in [0.25, 0.3) is 0 Å². The second-order valence-corrected chi connectivity index (χ2v) is 4.93. The molecule has 0 bridgehead atoms. The van der Waals surface area contributed by atoms with E-state index in [0.717, 1.165) is 25.9 Å². The molecule has 5 heteroatoms. The summed E-state index contributed by atoms with van der Waals surface area (Å²) in [6, 6.07) is 0. The first-order chi connectivity index (χ1) is 8.09. The average molecular weight is 244 g/mol. The van der Waals surface area contributed by atoms with E-state index in [0.29, 0.717) is 12.5 Å². The Labute approximate surface area is 103 Å². The van der Waals surface area contributed by atoms with E-state index in [-0.39, 0.29) is 24.7 Å². The molecule has 100 valence electrons. The van der Waals surface area contributed by atoms with Crippen LogP contribution in [0, 0.1) is 5.92 Å². The van der Waals surface area contributed by atoms with Crippen LogP contribution in [0.2, 0.25) is 0 Å². The molecule has 0 aliphatic carbocycles. The van der Waals surface area contributed by atoms with E-state index in [4.69, 9.17) is 9.84 Å². The number of hydrogen-bond donors (Lipinski definition) is 3. The number of nitrogens with one attached hydrogen (secondary N) is 2. The van der Waals surface area contributed by atoms with E-state index in [1.807, 2.05) is 6.92 Å². The maximum Gasteiger partial charge on any atom is 0.246 e. The molecule has 17 heavy (non-hydrogen) atoms. The lowest BCUT2D eigenvalue weighted by Gasteiger charge is -2.38. The van der Waals surface area contributed by atoms with Crippen molar-refractivity contribution in [3.63, 3.8) is 0 Å². The van der Waals surface area contributed by atoms with Gasteiger partial charge in [-0.05, 0) is 19.3 Å². The Morgan fingerprint density at radius 2 is 2.29 bits per heavy atom. The largest absolute Gasteiger partial charge is 0.396 e. The fraction of sp³-hybridized carbons (Fsp3) is 0.917. The Hall–Kier alpha value is -0.650. The van der Waals surface area contributed by atoms with Gasteiger partial charge in [-0.2, -0.15) is 0 Å². The zero-order chi connectivity index (χ0) is 12.7. The normalized spacial score (nSPS) is 19.5. The van der Waals surface area contributed by atoms with Crippen molar-refractivity contribution in [2.75, 3.05) is 32.8 Å². The number of aliphatic hydroxyl groups excluding tert-OH is 1. The summed E-state index contributed by atoms with van der Waals surface area (Å²) in [6.45, 7) is 6.59. The number of carbonyl (C=O) groups is 1. The van der Waals surface area contributed by atoms with Crippen LogP contribution in [0.5, 0.6) is 0 Å². The van der Waals surface area contributed by atoms with Crippen molar-refractivity contribution in [2.24, 2.45) is 5.92 Å². The van der Waals surface area contributed by atoms with Gasteiger partial charge < -0.3 is 20.5 Å². The molecule has 1 aliphatic rings. The van der Waals surface area contributed by atoms with Crippen LogP contribution in [0.15, 0.2) is 0 Å². The fourth-order valence-corrected chi connectivity index (χ4v) is 1.76. The highest BCUT2D eigenvalue weighted by molar-refractivity contribution is 5.77. The van der Waals surface area contributed by atoms with Crippen LogP contribution in [-0.4, -0.2) is 49.5 Å². The number of aliphatic hydroxyl groups is 1. The van der Waals surface area contributed by atoms with Gasteiger partial charge in [0.2, 0.25) is 5.91 Å². The maximum absolute atomic E-state index is 11.5. The molecule has 1 amide bonds. The number of ether oxygens (including phenoxy) is 1. The molecule has 0 aromatic carbocycles. The smallest absolute Gasteiger partial charge is 0.246 e.